The number of ether oxygens (including phenoxy) is 3. The molecule has 0 saturated carbocycles. The van der Waals surface area contributed by atoms with Crippen LogP contribution in [0.25, 0.3) is 0 Å². The molecule has 0 radical (unpaired) electrons. The highest BCUT2D eigenvalue weighted by molar-refractivity contribution is 5.81. The number of nitrogens with one attached hydrogen (secondary N) is 1. The predicted molar refractivity (Wildman–Crippen MR) is 108 cm³/mol. The van der Waals surface area contributed by atoms with E-state index in [1.165, 1.54) is 52.1 Å². The molecule has 0 rings (SSSR count). The Morgan fingerprint density at radius 1 is 0.815 bits per heavy atom. The van der Waals surface area contributed by atoms with Crippen molar-refractivity contribution in [3.05, 3.63) is 0 Å². The molecule has 6 nitrogen and oxygen atoms in total. The smallest absolute Gasteiger partial charge is 0.407 e. The summed E-state index contributed by atoms with van der Waals surface area (Å²) in [4.78, 5) is 24.0. The van der Waals surface area contributed by atoms with E-state index in [-0.39, 0.29) is 18.5 Å². The first kappa shape index (κ1) is 25.7. The summed E-state index contributed by atoms with van der Waals surface area (Å²) in [5.41, 5.74) is 0. The van der Waals surface area contributed by atoms with Gasteiger partial charge in [-0.15, -0.1) is 0 Å². The number of carbonyl (C=O) groups excluding carboxylic acids is 2. The van der Waals surface area contributed by atoms with Crippen molar-refractivity contribution < 1.29 is 23.8 Å². The summed E-state index contributed by atoms with van der Waals surface area (Å²) in [6, 6.07) is -0.668. The summed E-state index contributed by atoms with van der Waals surface area (Å²) in [5.74, 6) is -0.124. The fraction of sp³-hybridized carbons (Fsp3) is 0.905. The van der Waals surface area contributed by atoms with Crippen molar-refractivity contribution >= 4 is 12.1 Å². The average molecular weight is 388 g/mol. The van der Waals surface area contributed by atoms with E-state index in [4.69, 9.17) is 14.2 Å². The number of esters is 1. The van der Waals surface area contributed by atoms with Gasteiger partial charge in [-0.1, -0.05) is 72.1 Å². The minimum Gasteiger partial charge on any atom is -0.464 e. The molecule has 1 unspecified atom stereocenters. The summed E-state index contributed by atoms with van der Waals surface area (Å²) >= 11 is 0. The molecular weight excluding hydrogens is 346 g/mol. The lowest BCUT2D eigenvalue weighted by Gasteiger charge is -2.19. The van der Waals surface area contributed by atoms with Crippen LogP contribution in [0.2, 0.25) is 0 Å². The lowest BCUT2D eigenvalue weighted by Crippen LogP contribution is -2.43. The zero-order chi connectivity index (χ0) is 20.3. The first-order valence-electron chi connectivity index (χ1n) is 10.6. The molecule has 0 fully saturated rings. The number of hydrogen-bond acceptors (Lipinski definition) is 5. The van der Waals surface area contributed by atoms with Gasteiger partial charge in [-0.25, -0.2) is 9.59 Å². The lowest BCUT2D eigenvalue weighted by atomic mass is 10.0. The van der Waals surface area contributed by atoms with Crippen LogP contribution in [-0.2, 0) is 19.0 Å². The Morgan fingerprint density at radius 2 is 1.41 bits per heavy atom. The number of carbonyl (C=O) groups is 2. The quantitative estimate of drug-likeness (QED) is 0.285. The van der Waals surface area contributed by atoms with Gasteiger partial charge in [0, 0.05) is 7.11 Å². The van der Waals surface area contributed by atoms with E-state index in [0.29, 0.717) is 19.6 Å². The van der Waals surface area contributed by atoms with Gasteiger partial charge in [0.15, 0.2) is 0 Å². The van der Waals surface area contributed by atoms with Crippen LogP contribution >= 0.6 is 0 Å². The summed E-state index contributed by atoms with van der Waals surface area (Å²) in [7, 11) is 1.53. The lowest BCUT2D eigenvalue weighted by molar-refractivity contribution is -0.146. The number of hydrogen-bond donors (Lipinski definition) is 1. The minimum absolute atomic E-state index is 0.157. The molecule has 1 atom stereocenters. The zero-order valence-corrected chi connectivity index (χ0v) is 17.9. The molecule has 1 N–H and O–H groups in total. The van der Waals surface area contributed by atoms with E-state index in [9.17, 15) is 9.59 Å². The number of unbranched alkanes of at least 4 members (excludes halogenated alkanes) is 8. The molecule has 0 aromatic carbocycles. The topological polar surface area (TPSA) is 73.9 Å². The number of alkyl carbamates (subject to hydrolysis) is 1. The van der Waals surface area contributed by atoms with Crippen molar-refractivity contribution in [2.75, 3.05) is 26.9 Å². The molecule has 160 valence electrons. The molecule has 0 aliphatic heterocycles. The van der Waals surface area contributed by atoms with Crippen LogP contribution in [0.5, 0.6) is 0 Å². The van der Waals surface area contributed by atoms with E-state index in [1.54, 1.807) is 0 Å². The number of amides is 1. The minimum atomic E-state index is -0.668. The molecular formula is C21H41NO5. The van der Waals surface area contributed by atoms with Crippen LogP contribution in [-0.4, -0.2) is 45.0 Å². The highest BCUT2D eigenvalue weighted by Gasteiger charge is 2.23. The Bertz CT molecular complexity index is 374. The van der Waals surface area contributed by atoms with Crippen molar-refractivity contribution in [3.63, 3.8) is 0 Å². The van der Waals surface area contributed by atoms with Crippen LogP contribution in [0.15, 0.2) is 0 Å². The van der Waals surface area contributed by atoms with Gasteiger partial charge >= 0.3 is 12.1 Å². The molecule has 0 aliphatic rings. The standard InChI is InChI=1S/C21H41NO5/c1-5-6-7-8-9-10-11-12-13-14-26-20(23)19(17-18(2)3)22-21(24)27-16-15-25-4/h18-19H,5-17H2,1-4H3,(H,22,24). The number of methoxy groups -OCH3 is 1. The predicted octanol–water partition coefficient (Wildman–Crippen LogP) is 4.85. The maximum Gasteiger partial charge on any atom is 0.407 e. The second kappa shape index (κ2) is 18.1. The molecule has 1 amide bonds. The fourth-order valence-electron chi connectivity index (χ4n) is 2.77. The second-order valence-electron chi connectivity index (χ2n) is 7.45. The van der Waals surface area contributed by atoms with Crippen LogP contribution in [0.1, 0.15) is 85.0 Å². The second-order valence-corrected chi connectivity index (χ2v) is 7.45. The van der Waals surface area contributed by atoms with Gasteiger partial charge in [0.25, 0.3) is 0 Å². The van der Waals surface area contributed by atoms with Crippen LogP contribution in [0.3, 0.4) is 0 Å². The molecule has 0 spiro atoms. The average Bonchev–Trinajstić information content (AvgIpc) is 2.62. The van der Waals surface area contributed by atoms with E-state index in [0.717, 1.165) is 12.8 Å². The normalized spacial score (nSPS) is 12.0. The van der Waals surface area contributed by atoms with E-state index >= 15 is 0 Å². The highest BCUT2D eigenvalue weighted by Crippen LogP contribution is 2.10. The number of rotatable bonds is 17. The van der Waals surface area contributed by atoms with Crippen LogP contribution < -0.4 is 5.32 Å². The van der Waals surface area contributed by atoms with Crippen molar-refractivity contribution in [1.82, 2.24) is 5.32 Å². The summed E-state index contributed by atoms with van der Waals surface area (Å²) < 4.78 is 15.2. The summed E-state index contributed by atoms with van der Waals surface area (Å²) in [5, 5.41) is 2.60. The molecule has 0 aromatic rings. The van der Waals surface area contributed by atoms with Gasteiger partial charge in [0.2, 0.25) is 0 Å². The van der Waals surface area contributed by atoms with Gasteiger partial charge in [0.05, 0.1) is 13.2 Å². The van der Waals surface area contributed by atoms with Crippen molar-refractivity contribution in [2.24, 2.45) is 5.92 Å². The van der Waals surface area contributed by atoms with Gasteiger partial charge in [0.1, 0.15) is 12.6 Å². The van der Waals surface area contributed by atoms with Crippen molar-refractivity contribution in [1.29, 1.82) is 0 Å². The third-order valence-electron chi connectivity index (χ3n) is 4.30. The van der Waals surface area contributed by atoms with Gasteiger partial charge < -0.3 is 19.5 Å². The Morgan fingerprint density at radius 3 is 1.96 bits per heavy atom. The molecule has 6 heteroatoms. The Balaban J connectivity index is 3.93. The molecule has 0 saturated heterocycles. The maximum absolute atomic E-state index is 12.3. The van der Waals surface area contributed by atoms with Gasteiger partial charge in [-0.3, -0.25) is 0 Å². The maximum atomic E-state index is 12.3. The Hall–Kier alpha value is -1.30. The van der Waals surface area contributed by atoms with Crippen molar-refractivity contribution in [2.45, 2.75) is 91.0 Å². The highest BCUT2D eigenvalue weighted by atomic mass is 16.6. The molecule has 0 bridgehead atoms. The van der Waals surface area contributed by atoms with E-state index < -0.39 is 12.1 Å². The molecule has 0 aromatic heterocycles. The zero-order valence-electron chi connectivity index (χ0n) is 17.9. The first-order chi connectivity index (χ1) is 13.0. The van der Waals surface area contributed by atoms with Crippen LogP contribution in [0.4, 0.5) is 4.79 Å². The van der Waals surface area contributed by atoms with E-state index in [1.807, 2.05) is 13.8 Å². The Labute approximate surface area is 165 Å². The van der Waals surface area contributed by atoms with Gasteiger partial charge in [-0.2, -0.15) is 0 Å². The molecule has 27 heavy (non-hydrogen) atoms. The first-order valence-corrected chi connectivity index (χ1v) is 10.6. The monoisotopic (exact) mass is 387 g/mol. The Kier molecular flexibility index (Phi) is 17.2. The van der Waals surface area contributed by atoms with E-state index in [2.05, 4.69) is 12.2 Å². The molecule has 0 aliphatic carbocycles. The summed E-state index contributed by atoms with van der Waals surface area (Å²) in [6.45, 7) is 7.11. The molecule has 0 heterocycles. The fourth-order valence-corrected chi connectivity index (χ4v) is 2.77. The van der Waals surface area contributed by atoms with Gasteiger partial charge in [-0.05, 0) is 18.8 Å². The van der Waals surface area contributed by atoms with Crippen molar-refractivity contribution in [3.8, 4) is 0 Å². The third kappa shape index (κ3) is 16.6. The summed E-state index contributed by atoms with van der Waals surface area (Å²) in [6.07, 6.45) is 10.9. The van der Waals surface area contributed by atoms with Crippen LogP contribution in [0, 0.1) is 5.92 Å². The third-order valence-corrected chi connectivity index (χ3v) is 4.30. The SMILES string of the molecule is CCCCCCCCCCCOC(=O)C(CC(C)C)NC(=O)OCCOC. The largest absolute Gasteiger partial charge is 0.464 e.